The second kappa shape index (κ2) is 5.61. The number of aryl methyl sites for hydroxylation is 2. The molecule has 1 amide bonds. The third kappa shape index (κ3) is 2.79. The van der Waals surface area contributed by atoms with Gasteiger partial charge in [-0.1, -0.05) is 17.7 Å². The molecular weight excluding hydrogens is 278 g/mol. The Morgan fingerprint density at radius 3 is 2.77 bits per heavy atom. The first-order chi connectivity index (χ1) is 10.5. The fraction of sp³-hybridized carbons (Fsp3) is 0.389. The Hall–Kier alpha value is -2.07. The number of nitrogens with one attached hydrogen (secondary N) is 1. The van der Waals surface area contributed by atoms with Gasteiger partial charge in [0.05, 0.1) is 12.8 Å². The molecule has 3 rings (SSSR count). The lowest BCUT2D eigenvalue weighted by molar-refractivity contribution is -0.00611. The summed E-state index contributed by atoms with van der Waals surface area (Å²) in [7, 11) is 0. The monoisotopic (exact) mass is 299 g/mol. The molecule has 1 unspecified atom stereocenters. The van der Waals surface area contributed by atoms with Crippen molar-refractivity contribution in [1.82, 2.24) is 5.32 Å². The van der Waals surface area contributed by atoms with E-state index in [1.165, 1.54) is 0 Å². The minimum atomic E-state index is -1.11. The largest absolute Gasteiger partial charge is 0.466 e. The third-order valence-corrected chi connectivity index (χ3v) is 4.36. The predicted octanol–water partition coefficient (Wildman–Crippen LogP) is 2.92. The summed E-state index contributed by atoms with van der Waals surface area (Å²) in [5.41, 5.74) is 1.50. The number of hydrogen-bond acceptors (Lipinski definition) is 3. The summed E-state index contributed by atoms with van der Waals surface area (Å²) in [6.07, 6.45) is 3.46. The molecule has 0 radical (unpaired) electrons. The number of furan rings is 1. The van der Waals surface area contributed by atoms with Crippen LogP contribution in [0.4, 0.5) is 0 Å². The first-order valence-corrected chi connectivity index (χ1v) is 7.62. The van der Waals surface area contributed by atoms with Gasteiger partial charge < -0.3 is 14.8 Å². The van der Waals surface area contributed by atoms with Crippen molar-refractivity contribution in [3.05, 3.63) is 59.0 Å². The number of benzene rings is 1. The molecular formula is C18H21NO3. The van der Waals surface area contributed by atoms with E-state index < -0.39 is 5.60 Å². The Balaban J connectivity index is 1.75. The molecule has 116 valence electrons. The van der Waals surface area contributed by atoms with E-state index >= 15 is 0 Å². The fourth-order valence-corrected chi connectivity index (χ4v) is 2.81. The summed E-state index contributed by atoms with van der Waals surface area (Å²) in [6.45, 7) is 4.03. The molecule has 2 aromatic rings. The van der Waals surface area contributed by atoms with Gasteiger partial charge in [-0.05, 0) is 56.4 Å². The molecule has 0 aliphatic heterocycles. The molecule has 1 atom stereocenters. The summed E-state index contributed by atoms with van der Waals surface area (Å²) >= 11 is 0. The second-order valence-electron chi connectivity index (χ2n) is 6.18. The molecule has 1 heterocycles. The number of carbonyl (C=O) groups is 1. The highest BCUT2D eigenvalue weighted by atomic mass is 16.4. The maximum atomic E-state index is 12.4. The minimum absolute atomic E-state index is 0.151. The second-order valence-corrected chi connectivity index (χ2v) is 6.18. The van der Waals surface area contributed by atoms with E-state index in [9.17, 15) is 9.90 Å². The average Bonchev–Trinajstić information content (AvgIpc) is 3.22. The van der Waals surface area contributed by atoms with Crippen molar-refractivity contribution in [2.24, 2.45) is 5.92 Å². The first-order valence-electron chi connectivity index (χ1n) is 7.62. The number of amides is 1. The summed E-state index contributed by atoms with van der Waals surface area (Å²) in [5.74, 6) is 0.514. The van der Waals surface area contributed by atoms with Crippen molar-refractivity contribution in [3.8, 4) is 0 Å². The van der Waals surface area contributed by atoms with E-state index in [1.807, 2.05) is 32.0 Å². The van der Waals surface area contributed by atoms with Crippen LogP contribution >= 0.6 is 0 Å². The maximum absolute atomic E-state index is 12.4. The van der Waals surface area contributed by atoms with Gasteiger partial charge in [0.15, 0.2) is 0 Å². The van der Waals surface area contributed by atoms with Gasteiger partial charge in [0.1, 0.15) is 11.4 Å². The Labute approximate surface area is 130 Å². The van der Waals surface area contributed by atoms with Gasteiger partial charge in [0.25, 0.3) is 5.91 Å². The highest BCUT2D eigenvalue weighted by Crippen LogP contribution is 2.45. The van der Waals surface area contributed by atoms with E-state index in [0.29, 0.717) is 11.3 Å². The van der Waals surface area contributed by atoms with Crippen molar-refractivity contribution < 1.29 is 14.3 Å². The van der Waals surface area contributed by atoms with Crippen molar-refractivity contribution in [2.45, 2.75) is 32.3 Å². The molecule has 0 bridgehead atoms. The normalized spacial score (nSPS) is 17.0. The lowest BCUT2D eigenvalue weighted by Gasteiger charge is -2.26. The molecule has 1 saturated carbocycles. The molecule has 0 spiro atoms. The minimum Gasteiger partial charge on any atom is -0.466 e. The Morgan fingerprint density at radius 1 is 1.36 bits per heavy atom. The highest BCUT2D eigenvalue weighted by molar-refractivity contribution is 5.95. The van der Waals surface area contributed by atoms with Crippen molar-refractivity contribution in [1.29, 1.82) is 0 Å². The van der Waals surface area contributed by atoms with Gasteiger partial charge in [-0.15, -0.1) is 0 Å². The SMILES string of the molecule is Cc1ccc(C)c(C(=O)NCC(O)(c2ccco2)C2CC2)c1. The van der Waals surface area contributed by atoms with Crippen molar-refractivity contribution in [2.75, 3.05) is 6.54 Å². The van der Waals surface area contributed by atoms with Crippen LogP contribution in [0.25, 0.3) is 0 Å². The topological polar surface area (TPSA) is 62.5 Å². The zero-order chi connectivity index (χ0) is 15.7. The van der Waals surface area contributed by atoms with Gasteiger partial charge >= 0.3 is 0 Å². The van der Waals surface area contributed by atoms with E-state index in [0.717, 1.165) is 24.0 Å². The van der Waals surface area contributed by atoms with Gasteiger partial charge in [-0.25, -0.2) is 0 Å². The van der Waals surface area contributed by atoms with Crippen LogP contribution in [0, 0.1) is 19.8 Å². The van der Waals surface area contributed by atoms with E-state index in [4.69, 9.17) is 4.42 Å². The van der Waals surface area contributed by atoms with Crippen LogP contribution in [-0.2, 0) is 5.60 Å². The number of aliphatic hydroxyl groups is 1. The number of hydrogen-bond donors (Lipinski definition) is 2. The van der Waals surface area contributed by atoms with Gasteiger partial charge in [-0.3, -0.25) is 4.79 Å². The van der Waals surface area contributed by atoms with Crippen LogP contribution in [0.5, 0.6) is 0 Å². The first kappa shape index (κ1) is 14.9. The zero-order valence-electron chi connectivity index (χ0n) is 12.9. The maximum Gasteiger partial charge on any atom is 0.251 e. The summed E-state index contributed by atoms with van der Waals surface area (Å²) in [5, 5.41) is 13.8. The average molecular weight is 299 g/mol. The zero-order valence-corrected chi connectivity index (χ0v) is 12.9. The van der Waals surface area contributed by atoms with Crippen molar-refractivity contribution in [3.63, 3.8) is 0 Å². The molecule has 1 aromatic heterocycles. The molecule has 2 N–H and O–H groups in total. The Morgan fingerprint density at radius 2 is 2.14 bits per heavy atom. The highest BCUT2D eigenvalue weighted by Gasteiger charge is 2.47. The summed E-state index contributed by atoms with van der Waals surface area (Å²) in [6, 6.07) is 9.31. The molecule has 4 heteroatoms. The molecule has 1 aliphatic rings. The van der Waals surface area contributed by atoms with Crippen LogP contribution in [0.15, 0.2) is 41.0 Å². The smallest absolute Gasteiger partial charge is 0.251 e. The Bertz CT molecular complexity index is 674. The third-order valence-electron chi connectivity index (χ3n) is 4.36. The van der Waals surface area contributed by atoms with Crippen molar-refractivity contribution >= 4 is 5.91 Å². The quantitative estimate of drug-likeness (QED) is 0.892. The number of rotatable bonds is 5. The van der Waals surface area contributed by atoms with Gasteiger partial charge in [0, 0.05) is 5.56 Å². The van der Waals surface area contributed by atoms with E-state index in [2.05, 4.69) is 5.32 Å². The molecule has 1 fully saturated rings. The predicted molar refractivity (Wildman–Crippen MR) is 83.6 cm³/mol. The molecule has 1 aliphatic carbocycles. The summed E-state index contributed by atoms with van der Waals surface area (Å²) < 4.78 is 5.38. The Kier molecular flexibility index (Phi) is 3.79. The van der Waals surface area contributed by atoms with Gasteiger partial charge in [0.2, 0.25) is 0 Å². The van der Waals surface area contributed by atoms with E-state index in [1.54, 1.807) is 18.4 Å². The lowest BCUT2D eigenvalue weighted by Crippen LogP contribution is -2.42. The van der Waals surface area contributed by atoms with Crippen LogP contribution in [0.2, 0.25) is 0 Å². The standard InChI is InChI=1S/C18H21NO3/c1-12-5-6-13(2)15(10-12)17(20)19-11-18(21,14-7-8-14)16-4-3-9-22-16/h3-6,9-10,14,21H,7-8,11H2,1-2H3,(H,19,20). The number of carbonyl (C=O) groups excluding carboxylic acids is 1. The fourth-order valence-electron chi connectivity index (χ4n) is 2.81. The van der Waals surface area contributed by atoms with Crippen LogP contribution in [0.1, 0.15) is 40.1 Å². The lowest BCUT2D eigenvalue weighted by atomic mass is 9.94. The molecule has 4 nitrogen and oxygen atoms in total. The van der Waals surface area contributed by atoms with Crippen LogP contribution in [0.3, 0.4) is 0 Å². The van der Waals surface area contributed by atoms with Crippen LogP contribution < -0.4 is 5.32 Å². The van der Waals surface area contributed by atoms with Gasteiger partial charge in [-0.2, -0.15) is 0 Å². The molecule has 0 saturated heterocycles. The van der Waals surface area contributed by atoms with Crippen LogP contribution in [-0.4, -0.2) is 17.6 Å². The van der Waals surface area contributed by atoms with E-state index in [-0.39, 0.29) is 18.4 Å². The summed E-state index contributed by atoms with van der Waals surface area (Å²) in [4.78, 5) is 12.4. The molecule has 1 aromatic carbocycles. The molecule has 22 heavy (non-hydrogen) atoms.